The maximum absolute atomic E-state index is 10.4. The van der Waals surface area contributed by atoms with Crippen molar-refractivity contribution in [2.45, 2.75) is 6.04 Å². The molecule has 0 aliphatic rings. The summed E-state index contributed by atoms with van der Waals surface area (Å²) in [5.74, 6) is 0.501. The Morgan fingerprint density at radius 3 is 2.62 bits per heavy atom. The number of rotatable bonds is 5. The Morgan fingerprint density at radius 1 is 1.56 bits per heavy atom. The van der Waals surface area contributed by atoms with Gasteiger partial charge < -0.3 is 10.1 Å². The van der Waals surface area contributed by atoms with Gasteiger partial charge in [0.2, 0.25) is 0 Å². The van der Waals surface area contributed by atoms with Crippen molar-refractivity contribution in [2.75, 3.05) is 13.7 Å². The molecule has 0 bridgehead atoms. The van der Waals surface area contributed by atoms with E-state index in [0.29, 0.717) is 5.75 Å². The van der Waals surface area contributed by atoms with Gasteiger partial charge in [-0.15, -0.1) is 0 Å². The fraction of sp³-hybridized carbons (Fsp3) is 0.300. The van der Waals surface area contributed by atoms with E-state index in [2.05, 4.69) is 5.32 Å². The van der Waals surface area contributed by atoms with Gasteiger partial charge in [-0.25, -0.2) is 0 Å². The zero-order valence-corrected chi connectivity index (χ0v) is 8.71. The minimum Gasteiger partial charge on any atom is -0.491 e. The average Bonchev–Trinajstić information content (AvgIpc) is 2.31. The van der Waals surface area contributed by atoms with Crippen LogP contribution in [0.4, 0.5) is 5.69 Å². The van der Waals surface area contributed by atoms with Crippen LogP contribution in [0.5, 0.6) is 5.75 Å². The van der Waals surface area contributed by atoms with Crippen LogP contribution in [-0.4, -0.2) is 24.6 Å². The standard InChI is InChI=1S/C10H11N3O3/c1-12-8(6-11)7-16-10-4-2-9(3-5-10)13(14)15/h2-5,8,12H,7H2,1H3. The molecule has 1 aromatic rings. The lowest BCUT2D eigenvalue weighted by molar-refractivity contribution is -0.384. The van der Waals surface area contributed by atoms with E-state index in [4.69, 9.17) is 10.00 Å². The lowest BCUT2D eigenvalue weighted by Gasteiger charge is -2.09. The second-order valence-electron chi connectivity index (χ2n) is 3.03. The molecule has 6 nitrogen and oxygen atoms in total. The molecule has 1 aromatic carbocycles. The van der Waals surface area contributed by atoms with Gasteiger partial charge in [0.05, 0.1) is 11.0 Å². The molecule has 0 amide bonds. The first-order valence-corrected chi connectivity index (χ1v) is 4.61. The fourth-order valence-electron chi connectivity index (χ4n) is 1.03. The largest absolute Gasteiger partial charge is 0.491 e. The summed E-state index contributed by atoms with van der Waals surface area (Å²) >= 11 is 0. The third-order valence-electron chi connectivity index (χ3n) is 1.97. The van der Waals surface area contributed by atoms with Crippen molar-refractivity contribution in [2.24, 2.45) is 0 Å². The monoisotopic (exact) mass is 221 g/mol. The summed E-state index contributed by atoms with van der Waals surface area (Å²) in [5.41, 5.74) is 0.0119. The van der Waals surface area contributed by atoms with Crippen molar-refractivity contribution in [1.82, 2.24) is 5.32 Å². The molecule has 1 unspecified atom stereocenters. The van der Waals surface area contributed by atoms with Gasteiger partial charge >= 0.3 is 0 Å². The third-order valence-corrected chi connectivity index (χ3v) is 1.97. The summed E-state index contributed by atoms with van der Waals surface area (Å²) in [6.45, 7) is 0.199. The minimum atomic E-state index is -0.477. The molecular weight excluding hydrogens is 210 g/mol. The number of nitrogens with zero attached hydrogens (tertiary/aromatic N) is 2. The molecule has 1 N–H and O–H groups in total. The molecule has 0 saturated heterocycles. The highest BCUT2D eigenvalue weighted by molar-refractivity contribution is 5.36. The van der Waals surface area contributed by atoms with Crippen LogP contribution in [0.3, 0.4) is 0 Å². The van der Waals surface area contributed by atoms with Gasteiger partial charge in [0.15, 0.2) is 0 Å². The zero-order valence-electron chi connectivity index (χ0n) is 8.71. The van der Waals surface area contributed by atoms with Crippen LogP contribution < -0.4 is 10.1 Å². The molecule has 0 heterocycles. The van der Waals surface area contributed by atoms with E-state index >= 15 is 0 Å². The van der Waals surface area contributed by atoms with E-state index in [9.17, 15) is 10.1 Å². The van der Waals surface area contributed by atoms with Crippen LogP contribution >= 0.6 is 0 Å². The van der Waals surface area contributed by atoms with Gasteiger partial charge in [-0.2, -0.15) is 5.26 Å². The van der Waals surface area contributed by atoms with Crippen molar-refractivity contribution >= 4 is 5.69 Å². The number of ether oxygens (including phenoxy) is 1. The van der Waals surface area contributed by atoms with E-state index < -0.39 is 11.0 Å². The normalized spacial score (nSPS) is 11.5. The van der Waals surface area contributed by atoms with Gasteiger partial charge in [-0.3, -0.25) is 10.1 Å². The van der Waals surface area contributed by atoms with Crippen molar-refractivity contribution in [3.05, 3.63) is 34.4 Å². The number of likely N-dealkylation sites (N-methyl/N-ethyl adjacent to an activating group) is 1. The molecule has 0 spiro atoms. The van der Waals surface area contributed by atoms with Crippen LogP contribution in [0.2, 0.25) is 0 Å². The number of non-ortho nitro benzene ring substituents is 1. The van der Waals surface area contributed by atoms with Crippen LogP contribution in [-0.2, 0) is 0 Å². The van der Waals surface area contributed by atoms with Crippen molar-refractivity contribution in [3.63, 3.8) is 0 Å². The van der Waals surface area contributed by atoms with Crippen molar-refractivity contribution in [3.8, 4) is 11.8 Å². The van der Waals surface area contributed by atoms with Gasteiger partial charge in [-0.05, 0) is 19.2 Å². The summed E-state index contributed by atoms with van der Waals surface area (Å²) in [6.07, 6.45) is 0. The Bertz CT molecular complexity index is 397. The first-order valence-electron chi connectivity index (χ1n) is 4.61. The Kier molecular flexibility index (Phi) is 4.24. The highest BCUT2D eigenvalue weighted by Crippen LogP contribution is 2.17. The molecule has 0 aliphatic heterocycles. The highest BCUT2D eigenvalue weighted by Gasteiger charge is 2.07. The number of hydrogen-bond donors (Lipinski definition) is 1. The highest BCUT2D eigenvalue weighted by atomic mass is 16.6. The molecule has 0 saturated carbocycles. The Morgan fingerprint density at radius 2 is 2.19 bits per heavy atom. The number of benzene rings is 1. The van der Waals surface area contributed by atoms with Gasteiger partial charge in [0.25, 0.3) is 5.69 Å². The summed E-state index contributed by atoms with van der Waals surface area (Å²) in [6, 6.07) is 7.33. The number of nitro groups is 1. The summed E-state index contributed by atoms with van der Waals surface area (Å²) in [4.78, 5) is 9.91. The maximum Gasteiger partial charge on any atom is 0.269 e. The van der Waals surface area contributed by atoms with E-state index in [0.717, 1.165) is 0 Å². The van der Waals surface area contributed by atoms with E-state index in [1.165, 1.54) is 24.3 Å². The van der Waals surface area contributed by atoms with Crippen LogP contribution in [0.1, 0.15) is 0 Å². The molecule has 16 heavy (non-hydrogen) atoms. The summed E-state index contributed by atoms with van der Waals surface area (Å²) in [7, 11) is 1.66. The third kappa shape index (κ3) is 3.22. The number of nitrogens with one attached hydrogen (secondary N) is 1. The smallest absolute Gasteiger partial charge is 0.269 e. The summed E-state index contributed by atoms with van der Waals surface area (Å²) in [5, 5.41) is 21.8. The number of hydrogen-bond acceptors (Lipinski definition) is 5. The average molecular weight is 221 g/mol. The SMILES string of the molecule is CNC(C#N)COc1ccc([N+](=O)[O-])cc1. The van der Waals surface area contributed by atoms with Crippen molar-refractivity contribution < 1.29 is 9.66 Å². The quantitative estimate of drug-likeness (QED) is 0.593. The van der Waals surface area contributed by atoms with Gasteiger partial charge in [-0.1, -0.05) is 0 Å². The van der Waals surface area contributed by atoms with Crippen LogP contribution in [0, 0.1) is 21.4 Å². The molecule has 0 fully saturated rings. The Balaban J connectivity index is 2.56. The Hall–Kier alpha value is -2.13. The lowest BCUT2D eigenvalue weighted by atomic mass is 10.3. The van der Waals surface area contributed by atoms with Gasteiger partial charge in [0.1, 0.15) is 18.4 Å². The predicted molar refractivity (Wildman–Crippen MR) is 57.1 cm³/mol. The van der Waals surface area contributed by atoms with Gasteiger partial charge in [0, 0.05) is 12.1 Å². The molecule has 1 rings (SSSR count). The topological polar surface area (TPSA) is 88.2 Å². The molecule has 84 valence electrons. The number of nitriles is 1. The van der Waals surface area contributed by atoms with Crippen LogP contribution in [0.25, 0.3) is 0 Å². The first kappa shape index (κ1) is 11.9. The number of nitro benzene ring substituents is 1. The molecule has 0 radical (unpaired) electrons. The minimum absolute atomic E-state index is 0.0119. The molecule has 0 aliphatic carbocycles. The molecule has 0 aromatic heterocycles. The molecule has 1 atom stereocenters. The van der Waals surface area contributed by atoms with Crippen molar-refractivity contribution in [1.29, 1.82) is 5.26 Å². The fourth-order valence-corrected chi connectivity index (χ4v) is 1.03. The lowest BCUT2D eigenvalue weighted by Crippen LogP contribution is -2.29. The van der Waals surface area contributed by atoms with E-state index in [-0.39, 0.29) is 12.3 Å². The van der Waals surface area contributed by atoms with E-state index in [1.807, 2.05) is 6.07 Å². The summed E-state index contributed by atoms with van der Waals surface area (Å²) < 4.78 is 5.28. The maximum atomic E-state index is 10.4. The predicted octanol–water partition coefficient (Wildman–Crippen LogP) is 1.09. The first-order chi connectivity index (χ1) is 7.67. The molecular formula is C10H11N3O3. The van der Waals surface area contributed by atoms with Crippen LogP contribution in [0.15, 0.2) is 24.3 Å². The Labute approximate surface area is 92.6 Å². The second-order valence-corrected chi connectivity index (χ2v) is 3.03. The molecule has 6 heteroatoms. The van der Waals surface area contributed by atoms with E-state index in [1.54, 1.807) is 7.05 Å². The second kappa shape index (κ2) is 5.68. The zero-order chi connectivity index (χ0) is 12.0.